The van der Waals surface area contributed by atoms with Gasteiger partial charge in [-0.25, -0.2) is 0 Å². The van der Waals surface area contributed by atoms with E-state index in [9.17, 15) is 4.79 Å². The van der Waals surface area contributed by atoms with Gasteiger partial charge in [-0.2, -0.15) is 0 Å². The second kappa shape index (κ2) is 10.2. The molecule has 1 N–H and O–H groups in total. The predicted molar refractivity (Wildman–Crippen MR) is 109 cm³/mol. The Balaban J connectivity index is 1.47. The Bertz CT molecular complexity index is 721. The van der Waals surface area contributed by atoms with Gasteiger partial charge in [0.25, 0.3) is 0 Å². The Morgan fingerprint density at radius 3 is 2.37 bits per heavy atom. The van der Waals surface area contributed by atoms with Crippen molar-refractivity contribution in [2.45, 2.75) is 39.3 Å². The van der Waals surface area contributed by atoms with E-state index in [0.29, 0.717) is 13.0 Å². The Morgan fingerprint density at radius 1 is 1.00 bits per heavy atom. The van der Waals surface area contributed by atoms with Gasteiger partial charge in [-0.1, -0.05) is 55.5 Å². The second-order valence-corrected chi connectivity index (χ2v) is 7.10. The van der Waals surface area contributed by atoms with Gasteiger partial charge in [0.15, 0.2) is 0 Å². The van der Waals surface area contributed by atoms with E-state index in [2.05, 4.69) is 59.6 Å². The molecule has 0 bridgehead atoms. The minimum Gasteiger partial charge on any atom is -0.379 e. The number of rotatable bonds is 8. The van der Waals surface area contributed by atoms with Gasteiger partial charge in [0.1, 0.15) is 0 Å². The fourth-order valence-electron chi connectivity index (χ4n) is 3.37. The van der Waals surface area contributed by atoms with Crippen LogP contribution in [0.4, 0.5) is 0 Å². The summed E-state index contributed by atoms with van der Waals surface area (Å²) in [5, 5.41) is 3.09. The van der Waals surface area contributed by atoms with E-state index in [1.54, 1.807) is 0 Å². The van der Waals surface area contributed by atoms with Gasteiger partial charge in [-0.15, -0.1) is 0 Å². The highest BCUT2D eigenvalue weighted by molar-refractivity contribution is 5.76. The average Bonchev–Trinajstić information content (AvgIpc) is 2.73. The van der Waals surface area contributed by atoms with Crippen LogP contribution in [0.2, 0.25) is 0 Å². The molecule has 2 aromatic rings. The minimum atomic E-state index is 0.107. The molecule has 0 aromatic heterocycles. The fourth-order valence-corrected chi connectivity index (χ4v) is 3.37. The highest BCUT2D eigenvalue weighted by Gasteiger charge is 2.13. The van der Waals surface area contributed by atoms with Crippen LogP contribution in [0.3, 0.4) is 0 Å². The van der Waals surface area contributed by atoms with E-state index in [1.165, 1.54) is 22.3 Å². The Morgan fingerprint density at radius 2 is 1.67 bits per heavy atom. The number of benzene rings is 2. The lowest BCUT2D eigenvalue weighted by Crippen LogP contribution is -2.36. The standard InChI is InChI=1S/C23H30N2O2/c1-2-19-7-9-20(10-8-19)11-12-23(26)24-17-21-5-3-4-6-22(21)18-25-13-15-27-16-14-25/h3-10H,2,11-18H2,1H3,(H,24,26). The Labute approximate surface area is 162 Å². The van der Waals surface area contributed by atoms with E-state index in [4.69, 9.17) is 4.74 Å². The van der Waals surface area contributed by atoms with Crippen molar-refractivity contribution in [3.05, 3.63) is 70.8 Å². The summed E-state index contributed by atoms with van der Waals surface area (Å²) in [5.74, 6) is 0.107. The number of nitrogens with zero attached hydrogens (tertiary/aromatic N) is 1. The third-order valence-electron chi connectivity index (χ3n) is 5.16. The first-order chi connectivity index (χ1) is 13.2. The monoisotopic (exact) mass is 366 g/mol. The van der Waals surface area contributed by atoms with Gasteiger partial charge < -0.3 is 10.1 Å². The molecule has 0 spiro atoms. The summed E-state index contributed by atoms with van der Waals surface area (Å²) in [7, 11) is 0. The molecule has 1 amide bonds. The predicted octanol–water partition coefficient (Wildman–Crippen LogP) is 3.33. The molecule has 2 aromatic carbocycles. The molecular formula is C23H30N2O2. The van der Waals surface area contributed by atoms with Gasteiger partial charge in [0.05, 0.1) is 13.2 Å². The maximum Gasteiger partial charge on any atom is 0.220 e. The van der Waals surface area contributed by atoms with E-state index in [-0.39, 0.29) is 5.91 Å². The van der Waals surface area contributed by atoms with Crippen molar-refractivity contribution in [1.82, 2.24) is 10.2 Å². The quantitative estimate of drug-likeness (QED) is 0.779. The summed E-state index contributed by atoms with van der Waals surface area (Å²) in [4.78, 5) is 14.7. The summed E-state index contributed by atoms with van der Waals surface area (Å²) in [6.07, 6.45) is 2.35. The number of morpholine rings is 1. The molecule has 4 heteroatoms. The summed E-state index contributed by atoms with van der Waals surface area (Å²) < 4.78 is 5.42. The minimum absolute atomic E-state index is 0.107. The average molecular weight is 367 g/mol. The normalized spacial score (nSPS) is 14.9. The van der Waals surface area contributed by atoms with E-state index >= 15 is 0 Å². The number of amides is 1. The fraction of sp³-hybridized carbons (Fsp3) is 0.435. The van der Waals surface area contributed by atoms with Crippen LogP contribution in [0.15, 0.2) is 48.5 Å². The van der Waals surface area contributed by atoms with Crippen molar-refractivity contribution >= 4 is 5.91 Å². The molecule has 27 heavy (non-hydrogen) atoms. The van der Waals surface area contributed by atoms with Crippen LogP contribution >= 0.6 is 0 Å². The molecule has 3 rings (SSSR count). The molecule has 0 saturated carbocycles. The zero-order valence-corrected chi connectivity index (χ0v) is 16.2. The molecule has 1 saturated heterocycles. The van der Waals surface area contributed by atoms with Crippen LogP contribution < -0.4 is 5.32 Å². The molecular weight excluding hydrogens is 336 g/mol. The van der Waals surface area contributed by atoms with Crippen molar-refractivity contribution in [2.75, 3.05) is 26.3 Å². The molecule has 1 aliphatic heterocycles. The van der Waals surface area contributed by atoms with Crippen LogP contribution in [0.5, 0.6) is 0 Å². The summed E-state index contributed by atoms with van der Waals surface area (Å²) >= 11 is 0. The van der Waals surface area contributed by atoms with Crippen molar-refractivity contribution in [3.8, 4) is 0 Å². The Hall–Kier alpha value is -2.17. The largest absolute Gasteiger partial charge is 0.379 e. The van der Waals surface area contributed by atoms with Gasteiger partial charge in [0.2, 0.25) is 5.91 Å². The number of nitrogens with one attached hydrogen (secondary N) is 1. The number of ether oxygens (including phenoxy) is 1. The number of aryl methyl sites for hydroxylation is 2. The Kier molecular flexibility index (Phi) is 7.43. The number of hydrogen-bond donors (Lipinski definition) is 1. The maximum absolute atomic E-state index is 12.3. The molecule has 0 radical (unpaired) electrons. The van der Waals surface area contributed by atoms with Gasteiger partial charge in [-0.05, 0) is 35.1 Å². The van der Waals surface area contributed by atoms with Crippen molar-refractivity contribution in [2.24, 2.45) is 0 Å². The smallest absolute Gasteiger partial charge is 0.220 e. The zero-order chi connectivity index (χ0) is 18.9. The van der Waals surface area contributed by atoms with Crippen molar-refractivity contribution in [3.63, 3.8) is 0 Å². The molecule has 1 aliphatic rings. The number of carbonyl (C=O) groups excluding carboxylic acids is 1. The van der Waals surface area contributed by atoms with Crippen LogP contribution in [-0.4, -0.2) is 37.1 Å². The highest BCUT2D eigenvalue weighted by atomic mass is 16.5. The highest BCUT2D eigenvalue weighted by Crippen LogP contribution is 2.13. The molecule has 0 aliphatic carbocycles. The van der Waals surface area contributed by atoms with E-state index in [1.807, 2.05) is 6.07 Å². The molecule has 4 nitrogen and oxygen atoms in total. The summed E-state index contributed by atoms with van der Waals surface area (Å²) in [6, 6.07) is 16.9. The zero-order valence-electron chi connectivity index (χ0n) is 16.2. The SMILES string of the molecule is CCc1ccc(CCC(=O)NCc2ccccc2CN2CCOCC2)cc1. The summed E-state index contributed by atoms with van der Waals surface area (Å²) in [6.45, 7) is 7.21. The number of carbonyl (C=O) groups is 1. The molecule has 0 atom stereocenters. The van der Waals surface area contributed by atoms with Gasteiger partial charge in [-0.3, -0.25) is 9.69 Å². The van der Waals surface area contributed by atoms with Gasteiger partial charge in [0, 0.05) is 32.6 Å². The third kappa shape index (κ3) is 6.19. The third-order valence-corrected chi connectivity index (χ3v) is 5.16. The number of hydrogen-bond acceptors (Lipinski definition) is 3. The van der Waals surface area contributed by atoms with Crippen LogP contribution in [0.25, 0.3) is 0 Å². The lowest BCUT2D eigenvalue weighted by atomic mass is 10.1. The van der Waals surface area contributed by atoms with Crippen molar-refractivity contribution < 1.29 is 9.53 Å². The van der Waals surface area contributed by atoms with Gasteiger partial charge >= 0.3 is 0 Å². The van der Waals surface area contributed by atoms with Crippen LogP contribution in [0, 0.1) is 0 Å². The lowest BCUT2D eigenvalue weighted by Gasteiger charge is -2.27. The van der Waals surface area contributed by atoms with E-state index in [0.717, 1.165) is 45.7 Å². The molecule has 144 valence electrons. The van der Waals surface area contributed by atoms with Crippen molar-refractivity contribution in [1.29, 1.82) is 0 Å². The first-order valence-electron chi connectivity index (χ1n) is 9.96. The maximum atomic E-state index is 12.3. The second-order valence-electron chi connectivity index (χ2n) is 7.10. The summed E-state index contributed by atoms with van der Waals surface area (Å²) in [5.41, 5.74) is 5.04. The van der Waals surface area contributed by atoms with Crippen LogP contribution in [-0.2, 0) is 35.5 Å². The lowest BCUT2D eigenvalue weighted by molar-refractivity contribution is -0.121. The van der Waals surface area contributed by atoms with Crippen LogP contribution in [0.1, 0.15) is 35.6 Å². The topological polar surface area (TPSA) is 41.6 Å². The first kappa shape index (κ1) is 19.6. The molecule has 0 unspecified atom stereocenters. The molecule has 1 fully saturated rings. The molecule has 1 heterocycles. The van der Waals surface area contributed by atoms with E-state index < -0.39 is 0 Å². The first-order valence-corrected chi connectivity index (χ1v) is 9.96.